The zero-order chi connectivity index (χ0) is 25.5. The normalized spacial score (nSPS) is 11.1. The predicted molar refractivity (Wildman–Crippen MR) is 145 cm³/mol. The van der Waals surface area contributed by atoms with Gasteiger partial charge in [0, 0.05) is 36.0 Å². The van der Waals surface area contributed by atoms with Gasteiger partial charge in [-0.05, 0) is 50.5 Å². The fourth-order valence-electron chi connectivity index (χ4n) is 3.33. The quantitative estimate of drug-likeness (QED) is 0.267. The Morgan fingerprint density at radius 3 is 2.75 bits per heavy atom. The number of hydrogen-bond acceptors (Lipinski definition) is 8. The Labute approximate surface area is 214 Å². The van der Waals surface area contributed by atoms with Crippen LogP contribution in [0.25, 0.3) is 10.9 Å². The smallest absolute Gasteiger partial charge is 0.248 e. The molecule has 0 saturated heterocycles. The molecule has 0 fully saturated rings. The number of rotatable bonds is 9. The van der Waals surface area contributed by atoms with Crippen molar-refractivity contribution < 1.29 is 9.53 Å². The van der Waals surface area contributed by atoms with Crippen molar-refractivity contribution in [3.8, 4) is 5.75 Å². The van der Waals surface area contributed by atoms with Gasteiger partial charge in [-0.2, -0.15) is 4.98 Å². The van der Waals surface area contributed by atoms with Crippen molar-refractivity contribution in [3.63, 3.8) is 0 Å². The molecule has 36 heavy (non-hydrogen) atoms. The monoisotopic (exact) mass is 503 g/mol. The highest BCUT2D eigenvalue weighted by Crippen LogP contribution is 2.31. The first-order chi connectivity index (χ1) is 17.4. The maximum absolute atomic E-state index is 12.4. The van der Waals surface area contributed by atoms with Crippen molar-refractivity contribution in [2.24, 2.45) is 0 Å². The first kappa shape index (κ1) is 24.9. The van der Waals surface area contributed by atoms with Gasteiger partial charge in [0.15, 0.2) is 5.82 Å². The SMILES string of the molecule is COc1ccc(NC(=O)/C=C/CN(C)C)c(Nc2ncc(Cl)c(Nc3ccc4ncccc4c3)n2)c1. The van der Waals surface area contributed by atoms with Crippen LogP contribution in [0.3, 0.4) is 0 Å². The van der Waals surface area contributed by atoms with Crippen LogP contribution in [0.2, 0.25) is 5.02 Å². The molecule has 0 unspecified atom stereocenters. The summed E-state index contributed by atoms with van der Waals surface area (Å²) in [5.41, 5.74) is 2.81. The lowest BCUT2D eigenvalue weighted by atomic mass is 10.2. The summed E-state index contributed by atoms with van der Waals surface area (Å²) < 4.78 is 5.35. The van der Waals surface area contributed by atoms with Crippen molar-refractivity contribution >= 4 is 57.2 Å². The van der Waals surface area contributed by atoms with E-state index in [1.807, 2.05) is 49.3 Å². The number of carbonyl (C=O) groups is 1. The number of benzene rings is 2. The lowest BCUT2D eigenvalue weighted by Crippen LogP contribution is -2.13. The highest BCUT2D eigenvalue weighted by Gasteiger charge is 2.12. The number of ether oxygens (including phenoxy) is 1. The van der Waals surface area contributed by atoms with Gasteiger partial charge >= 0.3 is 0 Å². The number of carbonyl (C=O) groups excluding carboxylic acids is 1. The van der Waals surface area contributed by atoms with E-state index in [2.05, 4.69) is 30.9 Å². The Morgan fingerprint density at radius 2 is 1.94 bits per heavy atom. The van der Waals surface area contributed by atoms with Crippen molar-refractivity contribution in [1.29, 1.82) is 0 Å². The van der Waals surface area contributed by atoms with Crippen LogP contribution in [-0.2, 0) is 4.79 Å². The molecule has 10 heteroatoms. The molecule has 3 N–H and O–H groups in total. The van der Waals surface area contributed by atoms with Crippen LogP contribution in [0, 0.1) is 0 Å². The molecular formula is C26H26ClN7O2. The molecule has 0 bridgehead atoms. The summed E-state index contributed by atoms with van der Waals surface area (Å²) in [4.78, 5) is 27.5. The molecule has 4 rings (SSSR count). The average molecular weight is 504 g/mol. The number of likely N-dealkylation sites (N-methyl/N-ethyl adjacent to an activating group) is 1. The van der Waals surface area contributed by atoms with Gasteiger partial charge in [0.25, 0.3) is 0 Å². The minimum absolute atomic E-state index is 0.254. The first-order valence-electron chi connectivity index (χ1n) is 11.1. The Bertz CT molecular complexity index is 1410. The molecule has 0 aliphatic heterocycles. The molecule has 2 aromatic heterocycles. The van der Waals surface area contributed by atoms with Gasteiger partial charge in [-0.15, -0.1) is 0 Å². The van der Waals surface area contributed by atoms with E-state index in [-0.39, 0.29) is 11.9 Å². The fourth-order valence-corrected chi connectivity index (χ4v) is 3.47. The number of nitrogens with zero attached hydrogens (tertiary/aromatic N) is 4. The third kappa shape index (κ3) is 6.47. The zero-order valence-corrected chi connectivity index (χ0v) is 20.9. The molecule has 2 heterocycles. The number of hydrogen-bond donors (Lipinski definition) is 3. The molecule has 9 nitrogen and oxygen atoms in total. The van der Waals surface area contributed by atoms with Gasteiger partial charge in [-0.1, -0.05) is 23.7 Å². The number of nitrogens with one attached hydrogen (secondary N) is 3. The maximum Gasteiger partial charge on any atom is 0.248 e. The number of pyridine rings is 1. The number of aromatic nitrogens is 3. The highest BCUT2D eigenvalue weighted by atomic mass is 35.5. The van der Waals surface area contributed by atoms with Crippen molar-refractivity contribution in [1.82, 2.24) is 19.9 Å². The van der Waals surface area contributed by atoms with E-state index in [0.29, 0.717) is 34.5 Å². The molecule has 0 saturated carbocycles. The van der Waals surface area contributed by atoms with Gasteiger partial charge in [0.1, 0.15) is 10.8 Å². The Hall–Kier alpha value is -4.21. The van der Waals surface area contributed by atoms with E-state index < -0.39 is 0 Å². The number of anilines is 5. The summed E-state index contributed by atoms with van der Waals surface area (Å²) in [6, 6.07) is 14.9. The fraction of sp³-hybridized carbons (Fsp3) is 0.154. The number of fused-ring (bicyclic) bond motifs is 1. The van der Waals surface area contributed by atoms with Crippen LogP contribution in [0.5, 0.6) is 5.75 Å². The number of amides is 1. The summed E-state index contributed by atoms with van der Waals surface area (Å²) in [5.74, 6) is 1.07. The molecule has 184 valence electrons. The van der Waals surface area contributed by atoms with Crippen molar-refractivity contribution in [2.75, 3.05) is 43.7 Å². The van der Waals surface area contributed by atoms with E-state index in [1.54, 1.807) is 37.6 Å². The van der Waals surface area contributed by atoms with Crippen LogP contribution in [0.15, 0.2) is 73.1 Å². The molecule has 0 spiro atoms. The van der Waals surface area contributed by atoms with Gasteiger partial charge in [-0.25, -0.2) is 4.98 Å². The lowest BCUT2D eigenvalue weighted by molar-refractivity contribution is -0.111. The second-order valence-corrected chi connectivity index (χ2v) is 8.52. The lowest BCUT2D eigenvalue weighted by Gasteiger charge is -2.14. The highest BCUT2D eigenvalue weighted by molar-refractivity contribution is 6.33. The van der Waals surface area contributed by atoms with Gasteiger partial charge in [-0.3, -0.25) is 9.78 Å². The number of methoxy groups -OCH3 is 1. The van der Waals surface area contributed by atoms with Crippen molar-refractivity contribution in [3.05, 3.63) is 78.1 Å². The largest absolute Gasteiger partial charge is 0.497 e. The average Bonchev–Trinajstić information content (AvgIpc) is 2.86. The summed E-state index contributed by atoms with van der Waals surface area (Å²) in [6.07, 6.45) is 6.54. The molecule has 0 atom stereocenters. The van der Waals surface area contributed by atoms with Gasteiger partial charge in [0.05, 0.1) is 30.2 Å². The molecule has 0 radical (unpaired) electrons. The minimum Gasteiger partial charge on any atom is -0.497 e. The summed E-state index contributed by atoms with van der Waals surface area (Å²) >= 11 is 6.37. The maximum atomic E-state index is 12.4. The first-order valence-corrected chi connectivity index (χ1v) is 11.5. The Morgan fingerprint density at radius 1 is 1.08 bits per heavy atom. The van der Waals surface area contributed by atoms with Gasteiger partial charge in [0.2, 0.25) is 11.9 Å². The van der Waals surface area contributed by atoms with E-state index in [4.69, 9.17) is 16.3 Å². The van der Waals surface area contributed by atoms with Crippen LogP contribution in [-0.4, -0.2) is 53.5 Å². The predicted octanol–water partition coefficient (Wildman–Crippen LogP) is 5.23. The van der Waals surface area contributed by atoms with Crippen LogP contribution in [0.4, 0.5) is 28.8 Å². The summed E-state index contributed by atoms with van der Waals surface area (Å²) in [7, 11) is 5.43. The van der Waals surface area contributed by atoms with E-state index in [0.717, 1.165) is 16.6 Å². The molecular weight excluding hydrogens is 478 g/mol. The van der Waals surface area contributed by atoms with E-state index in [1.165, 1.54) is 12.3 Å². The number of halogens is 1. The topological polar surface area (TPSA) is 104 Å². The molecule has 1 amide bonds. The van der Waals surface area contributed by atoms with Gasteiger partial charge < -0.3 is 25.6 Å². The molecule has 2 aromatic carbocycles. The second kappa shape index (κ2) is 11.5. The molecule has 0 aliphatic carbocycles. The third-order valence-electron chi connectivity index (χ3n) is 5.08. The standard InChI is InChI=1S/C26H26ClN7O2/c1-34(2)13-5-7-24(35)31-22-11-9-19(36-3)15-23(22)32-26-29-16-20(27)25(33-26)30-18-8-10-21-17(14-18)6-4-12-28-21/h4-12,14-16H,13H2,1-3H3,(H,31,35)(H2,29,30,32,33)/b7-5+. The summed E-state index contributed by atoms with van der Waals surface area (Å²) in [6.45, 7) is 0.656. The van der Waals surface area contributed by atoms with Crippen LogP contribution < -0.4 is 20.7 Å². The molecule has 0 aliphatic rings. The van der Waals surface area contributed by atoms with E-state index in [9.17, 15) is 4.79 Å². The summed E-state index contributed by atoms with van der Waals surface area (Å²) in [5, 5.41) is 10.6. The second-order valence-electron chi connectivity index (χ2n) is 8.12. The van der Waals surface area contributed by atoms with Crippen molar-refractivity contribution in [2.45, 2.75) is 0 Å². The zero-order valence-electron chi connectivity index (χ0n) is 20.1. The van der Waals surface area contributed by atoms with Crippen LogP contribution >= 0.6 is 11.6 Å². The van der Waals surface area contributed by atoms with Crippen LogP contribution in [0.1, 0.15) is 0 Å². The minimum atomic E-state index is -0.254. The molecule has 4 aromatic rings. The Kier molecular flexibility index (Phi) is 7.94. The van der Waals surface area contributed by atoms with E-state index >= 15 is 0 Å². The third-order valence-corrected chi connectivity index (χ3v) is 5.36. The Balaban J connectivity index is 1.56.